The molecule has 98 valence electrons. The van der Waals surface area contributed by atoms with Gasteiger partial charge in [-0.25, -0.2) is 4.79 Å². The van der Waals surface area contributed by atoms with Gasteiger partial charge in [-0.3, -0.25) is 0 Å². The molecule has 5 nitrogen and oxygen atoms in total. The number of hydrogen-bond donors (Lipinski definition) is 1. The van der Waals surface area contributed by atoms with Crippen LogP contribution in [0, 0.1) is 0 Å². The van der Waals surface area contributed by atoms with Gasteiger partial charge in [0.1, 0.15) is 11.9 Å². The first kappa shape index (κ1) is 12.7. The van der Waals surface area contributed by atoms with E-state index in [0.717, 1.165) is 11.3 Å². The van der Waals surface area contributed by atoms with Gasteiger partial charge >= 0.3 is 6.09 Å². The third kappa shape index (κ3) is 2.73. The standard InChI is InChI=1S/C13H17NO4/c1-17-12-5-3-2-4-10(12)8-14-9-11(6-7-15)18-13(14)16/h2-5,11,15H,6-9H2,1H3. The zero-order valence-corrected chi connectivity index (χ0v) is 10.3. The van der Waals surface area contributed by atoms with Gasteiger partial charge in [0, 0.05) is 18.6 Å². The summed E-state index contributed by atoms with van der Waals surface area (Å²) in [6.45, 7) is 1.00. The van der Waals surface area contributed by atoms with E-state index in [9.17, 15) is 4.79 Å². The van der Waals surface area contributed by atoms with Crippen LogP contribution < -0.4 is 4.74 Å². The first-order valence-electron chi connectivity index (χ1n) is 5.93. The first-order chi connectivity index (χ1) is 8.74. The number of carbonyl (C=O) groups excluding carboxylic acids is 1. The molecular weight excluding hydrogens is 234 g/mol. The molecule has 2 rings (SSSR count). The summed E-state index contributed by atoms with van der Waals surface area (Å²) in [6.07, 6.45) is -0.0645. The molecule has 1 saturated heterocycles. The molecular formula is C13H17NO4. The van der Waals surface area contributed by atoms with E-state index in [0.29, 0.717) is 19.5 Å². The Bertz CT molecular complexity index is 421. The van der Waals surface area contributed by atoms with Crippen LogP contribution in [0.2, 0.25) is 0 Å². The summed E-state index contributed by atoms with van der Waals surface area (Å²) < 4.78 is 10.4. The molecule has 0 bridgehead atoms. The number of carbonyl (C=O) groups is 1. The summed E-state index contributed by atoms with van der Waals surface area (Å²) in [5, 5.41) is 8.84. The number of hydrogen-bond acceptors (Lipinski definition) is 4. The highest BCUT2D eigenvalue weighted by molar-refractivity contribution is 5.70. The predicted octanol–water partition coefficient (Wildman–Crippen LogP) is 1.40. The molecule has 5 heteroatoms. The van der Waals surface area contributed by atoms with Crippen LogP contribution in [0.3, 0.4) is 0 Å². The van der Waals surface area contributed by atoms with Crippen LogP contribution in [-0.4, -0.2) is 42.5 Å². The molecule has 1 aliphatic heterocycles. The Morgan fingerprint density at radius 2 is 2.28 bits per heavy atom. The van der Waals surface area contributed by atoms with E-state index in [2.05, 4.69) is 0 Å². The van der Waals surface area contributed by atoms with Gasteiger partial charge in [-0.15, -0.1) is 0 Å². The molecule has 1 N–H and O–H groups in total. The number of methoxy groups -OCH3 is 1. The number of benzene rings is 1. The monoisotopic (exact) mass is 251 g/mol. The lowest BCUT2D eigenvalue weighted by Gasteiger charge is -2.15. The minimum atomic E-state index is -0.334. The highest BCUT2D eigenvalue weighted by Crippen LogP contribution is 2.22. The van der Waals surface area contributed by atoms with Crippen molar-refractivity contribution in [1.29, 1.82) is 0 Å². The number of cyclic esters (lactones) is 1. The zero-order chi connectivity index (χ0) is 13.0. The molecule has 0 aromatic heterocycles. The van der Waals surface area contributed by atoms with Crippen molar-refractivity contribution in [3.8, 4) is 5.75 Å². The number of para-hydroxylation sites is 1. The van der Waals surface area contributed by atoms with Gasteiger partial charge in [-0.05, 0) is 6.07 Å². The number of aliphatic hydroxyl groups is 1. The number of nitrogens with zero attached hydrogens (tertiary/aromatic N) is 1. The molecule has 0 spiro atoms. The fourth-order valence-electron chi connectivity index (χ4n) is 2.04. The van der Waals surface area contributed by atoms with E-state index in [-0.39, 0.29) is 18.8 Å². The SMILES string of the molecule is COc1ccccc1CN1CC(CCO)OC1=O. The summed E-state index contributed by atoms with van der Waals surface area (Å²) in [5.41, 5.74) is 0.946. The van der Waals surface area contributed by atoms with Crippen molar-refractivity contribution >= 4 is 6.09 Å². The smallest absolute Gasteiger partial charge is 0.410 e. The fraction of sp³-hybridized carbons (Fsp3) is 0.462. The minimum absolute atomic E-state index is 0.0282. The van der Waals surface area contributed by atoms with E-state index in [4.69, 9.17) is 14.6 Å². The van der Waals surface area contributed by atoms with E-state index < -0.39 is 0 Å². The maximum atomic E-state index is 11.6. The molecule has 1 aromatic carbocycles. The lowest BCUT2D eigenvalue weighted by molar-refractivity contribution is 0.117. The van der Waals surface area contributed by atoms with Crippen LogP contribution in [0.25, 0.3) is 0 Å². The molecule has 1 amide bonds. The summed E-state index contributed by atoms with van der Waals surface area (Å²) in [7, 11) is 1.61. The molecule has 18 heavy (non-hydrogen) atoms. The summed E-state index contributed by atoms with van der Waals surface area (Å²) in [4.78, 5) is 13.3. The van der Waals surface area contributed by atoms with E-state index >= 15 is 0 Å². The summed E-state index contributed by atoms with van der Waals surface area (Å²) in [6, 6.07) is 7.58. The van der Waals surface area contributed by atoms with Crippen molar-refractivity contribution < 1.29 is 19.4 Å². The predicted molar refractivity (Wildman–Crippen MR) is 65.4 cm³/mol. The molecule has 1 aromatic rings. The van der Waals surface area contributed by atoms with Gasteiger partial charge in [-0.2, -0.15) is 0 Å². The normalized spacial score (nSPS) is 18.9. The van der Waals surface area contributed by atoms with Gasteiger partial charge in [-0.1, -0.05) is 18.2 Å². The van der Waals surface area contributed by atoms with Crippen LogP contribution in [0.5, 0.6) is 5.75 Å². The van der Waals surface area contributed by atoms with Gasteiger partial charge in [0.15, 0.2) is 0 Å². The third-order valence-corrected chi connectivity index (χ3v) is 2.95. The summed E-state index contributed by atoms with van der Waals surface area (Å²) >= 11 is 0. The van der Waals surface area contributed by atoms with E-state index in [1.807, 2.05) is 24.3 Å². The highest BCUT2D eigenvalue weighted by atomic mass is 16.6. The Labute approximate surface area is 106 Å². The topological polar surface area (TPSA) is 59.0 Å². The van der Waals surface area contributed by atoms with Crippen LogP contribution in [0.4, 0.5) is 4.79 Å². The second-order valence-corrected chi connectivity index (χ2v) is 4.21. The lowest BCUT2D eigenvalue weighted by Crippen LogP contribution is -2.25. The van der Waals surface area contributed by atoms with Crippen LogP contribution in [0.15, 0.2) is 24.3 Å². The van der Waals surface area contributed by atoms with Gasteiger partial charge in [0.05, 0.1) is 20.2 Å². The van der Waals surface area contributed by atoms with Crippen molar-refractivity contribution in [2.75, 3.05) is 20.3 Å². The Balaban J connectivity index is 2.03. The van der Waals surface area contributed by atoms with Crippen LogP contribution in [0.1, 0.15) is 12.0 Å². The lowest BCUT2D eigenvalue weighted by atomic mass is 10.2. The third-order valence-electron chi connectivity index (χ3n) is 2.95. The molecule has 1 fully saturated rings. The van der Waals surface area contributed by atoms with Crippen molar-refractivity contribution in [3.05, 3.63) is 29.8 Å². The highest BCUT2D eigenvalue weighted by Gasteiger charge is 2.31. The maximum absolute atomic E-state index is 11.6. The molecule has 0 aliphatic carbocycles. The molecule has 1 heterocycles. The Hall–Kier alpha value is -1.75. The maximum Gasteiger partial charge on any atom is 0.410 e. The number of aliphatic hydroxyl groups excluding tert-OH is 1. The average Bonchev–Trinajstić information content (AvgIpc) is 2.71. The number of rotatable bonds is 5. The first-order valence-corrected chi connectivity index (χ1v) is 5.93. The Morgan fingerprint density at radius 3 is 3.00 bits per heavy atom. The molecule has 1 unspecified atom stereocenters. The largest absolute Gasteiger partial charge is 0.496 e. The van der Waals surface area contributed by atoms with Crippen molar-refractivity contribution in [2.24, 2.45) is 0 Å². The van der Waals surface area contributed by atoms with Crippen molar-refractivity contribution in [3.63, 3.8) is 0 Å². The molecule has 1 atom stereocenters. The number of ether oxygens (including phenoxy) is 2. The fourth-order valence-corrected chi connectivity index (χ4v) is 2.04. The Kier molecular flexibility index (Phi) is 4.04. The molecule has 0 saturated carbocycles. The molecule has 1 aliphatic rings. The van der Waals surface area contributed by atoms with Crippen molar-refractivity contribution in [1.82, 2.24) is 4.90 Å². The van der Waals surface area contributed by atoms with Gasteiger partial charge in [0.25, 0.3) is 0 Å². The van der Waals surface area contributed by atoms with Gasteiger partial charge < -0.3 is 19.5 Å². The van der Waals surface area contributed by atoms with E-state index in [1.165, 1.54) is 0 Å². The van der Waals surface area contributed by atoms with Crippen LogP contribution >= 0.6 is 0 Å². The Morgan fingerprint density at radius 1 is 1.50 bits per heavy atom. The van der Waals surface area contributed by atoms with Crippen molar-refractivity contribution in [2.45, 2.75) is 19.1 Å². The molecule has 0 radical (unpaired) electrons. The number of amides is 1. The second-order valence-electron chi connectivity index (χ2n) is 4.21. The van der Waals surface area contributed by atoms with Crippen LogP contribution in [-0.2, 0) is 11.3 Å². The quantitative estimate of drug-likeness (QED) is 0.859. The minimum Gasteiger partial charge on any atom is -0.496 e. The summed E-state index contributed by atoms with van der Waals surface area (Å²) in [5.74, 6) is 0.760. The van der Waals surface area contributed by atoms with E-state index in [1.54, 1.807) is 12.0 Å². The zero-order valence-electron chi connectivity index (χ0n) is 10.3. The van der Waals surface area contributed by atoms with Gasteiger partial charge in [0.2, 0.25) is 0 Å². The average molecular weight is 251 g/mol. The second kappa shape index (κ2) is 5.73.